The number of unbranched alkanes of at least 4 members (excludes halogenated alkanes) is 9. The molecule has 0 N–H and O–H groups in total. The molecule has 0 aromatic rings. The Kier molecular flexibility index (Phi) is 14.9. The van der Waals surface area contributed by atoms with Gasteiger partial charge in [0.05, 0.1) is 38.3 Å². The smallest absolute Gasteiger partial charge is 0.0945 e. The van der Waals surface area contributed by atoms with Gasteiger partial charge in [-0.2, -0.15) is 0 Å². The van der Waals surface area contributed by atoms with Gasteiger partial charge in [0.1, 0.15) is 0 Å². The minimum Gasteiger partial charge on any atom is -0.748 e. The van der Waals surface area contributed by atoms with Gasteiger partial charge < -0.3 is 9.04 Å². The summed E-state index contributed by atoms with van der Waals surface area (Å²) in [5.74, 6) is -0.191. The molecule has 0 atom stereocenters. The van der Waals surface area contributed by atoms with Gasteiger partial charge >= 0.3 is 0 Å². The lowest BCUT2D eigenvalue weighted by molar-refractivity contribution is -0.849. The summed E-state index contributed by atoms with van der Waals surface area (Å²) in [6, 6.07) is 0. The van der Waals surface area contributed by atoms with Crippen LogP contribution in [0.15, 0.2) is 0 Å². The first-order valence-electron chi connectivity index (χ1n) is 8.28. The van der Waals surface area contributed by atoms with Crippen LogP contribution in [0.25, 0.3) is 0 Å². The van der Waals surface area contributed by atoms with Gasteiger partial charge in [-0.05, 0) is 6.42 Å². The van der Waals surface area contributed by atoms with Crippen molar-refractivity contribution in [2.45, 2.75) is 71.1 Å². The molecule has 0 radical (unpaired) electrons. The fourth-order valence-corrected chi connectivity index (χ4v) is 2.32. The molecule has 0 aromatic heterocycles. The molecule has 0 bridgehead atoms. The van der Waals surface area contributed by atoms with Crippen molar-refractivity contribution in [3.05, 3.63) is 0 Å². The van der Waals surface area contributed by atoms with Crippen molar-refractivity contribution in [2.75, 3.05) is 33.9 Å². The maximum Gasteiger partial charge on any atom is 0.0945 e. The molecular formula is C16H37NO3S. The fourth-order valence-electron chi connectivity index (χ4n) is 1.77. The summed E-state index contributed by atoms with van der Waals surface area (Å²) >= 11 is 0. The Morgan fingerprint density at radius 2 is 1.00 bits per heavy atom. The SMILES string of the molecule is CCCCCCCCCCCCS(=O)(=O)[O-].C[N+](C)(C)C. The summed E-state index contributed by atoms with van der Waals surface area (Å²) in [4.78, 5) is 0. The van der Waals surface area contributed by atoms with E-state index < -0.39 is 10.1 Å². The molecule has 130 valence electrons. The Bertz CT molecular complexity index is 302. The molecule has 0 aliphatic rings. The van der Waals surface area contributed by atoms with Crippen molar-refractivity contribution < 1.29 is 17.5 Å². The second-order valence-electron chi connectivity index (χ2n) is 7.13. The first-order valence-corrected chi connectivity index (χ1v) is 9.86. The second-order valence-corrected chi connectivity index (χ2v) is 8.65. The molecule has 0 spiro atoms. The first kappa shape index (κ1) is 23.1. The largest absolute Gasteiger partial charge is 0.748 e. The topological polar surface area (TPSA) is 57.2 Å². The molecule has 5 heteroatoms. The average molecular weight is 324 g/mol. The van der Waals surface area contributed by atoms with Crippen LogP contribution < -0.4 is 0 Å². The van der Waals surface area contributed by atoms with Crippen LogP contribution in [0.1, 0.15) is 71.1 Å². The molecule has 0 amide bonds. The van der Waals surface area contributed by atoms with Gasteiger partial charge in [-0.3, -0.25) is 0 Å². The third-order valence-electron chi connectivity index (χ3n) is 2.75. The van der Waals surface area contributed by atoms with Crippen LogP contribution >= 0.6 is 0 Å². The van der Waals surface area contributed by atoms with E-state index in [2.05, 4.69) is 35.1 Å². The van der Waals surface area contributed by atoms with Crippen LogP contribution in [0.2, 0.25) is 0 Å². The lowest BCUT2D eigenvalue weighted by Gasteiger charge is -2.14. The van der Waals surface area contributed by atoms with Crippen molar-refractivity contribution >= 4 is 10.1 Å². The van der Waals surface area contributed by atoms with Crippen LogP contribution in [0.3, 0.4) is 0 Å². The highest BCUT2D eigenvalue weighted by atomic mass is 32.2. The zero-order chi connectivity index (χ0) is 16.8. The highest BCUT2D eigenvalue weighted by Gasteiger charge is 1.96. The normalized spacial score (nSPS) is 11.9. The standard InChI is InChI=1S/C12H26O3S.C4H12N/c1-2-3-4-5-6-7-8-9-10-11-12-16(13,14)15;1-5(2,3)4/h2-12H2,1H3,(H,13,14,15);1-4H3/q;+1/p-1. The van der Waals surface area contributed by atoms with Gasteiger partial charge in [0.25, 0.3) is 0 Å². The second kappa shape index (κ2) is 13.5. The summed E-state index contributed by atoms with van der Waals surface area (Å²) in [5.41, 5.74) is 0. The van der Waals surface area contributed by atoms with E-state index in [4.69, 9.17) is 0 Å². The molecule has 0 fully saturated rings. The summed E-state index contributed by atoms with van der Waals surface area (Å²) in [5, 5.41) is 0. The van der Waals surface area contributed by atoms with Crippen LogP contribution in [-0.4, -0.2) is 51.4 Å². The van der Waals surface area contributed by atoms with Crippen molar-refractivity contribution in [1.82, 2.24) is 0 Å². The van der Waals surface area contributed by atoms with E-state index in [1.807, 2.05) is 0 Å². The molecule has 4 nitrogen and oxygen atoms in total. The minimum absolute atomic E-state index is 0.191. The van der Waals surface area contributed by atoms with Crippen LogP contribution in [0.4, 0.5) is 0 Å². The van der Waals surface area contributed by atoms with Gasteiger partial charge in [-0.15, -0.1) is 0 Å². The van der Waals surface area contributed by atoms with E-state index >= 15 is 0 Å². The Morgan fingerprint density at radius 1 is 0.714 bits per heavy atom. The van der Waals surface area contributed by atoms with Crippen LogP contribution in [0, 0.1) is 0 Å². The van der Waals surface area contributed by atoms with E-state index in [1.54, 1.807) is 0 Å². The van der Waals surface area contributed by atoms with Gasteiger partial charge in [0, 0.05) is 5.75 Å². The zero-order valence-electron chi connectivity index (χ0n) is 14.9. The Morgan fingerprint density at radius 3 is 1.29 bits per heavy atom. The predicted octanol–water partition coefficient (Wildman–Crippen LogP) is 3.77. The molecule has 0 saturated heterocycles. The molecule has 0 saturated carbocycles. The average Bonchev–Trinajstić information content (AvgIpc) is 2.28. The quantitative estimate of drug-likeness (QED) is 0.330. The third-order valence-corrected chi connectivity index (χ3v) is 3.54. The summed E-state index contributed by atoms with van der Waals surface area (Å²) in [6.45, 7) is 2.21. The summed E-state index contributed by atoms with van der Waals surface area (Å²) in [6.07, 6.45) is 11.4. The predicted molar refractivity (Wildman–Crippen MR) is 90.4 cm³/mol. The van der Waals surface area contributed by atoms with Crippen LogP contribution in [0.5, 0.6) is 0 Å². The van der Waals surface area contributed by atoms with Gasteiger partial charge in [0.15, 0.2) is 0 Å². The molecular weight excluding hydrogens is 286 g/mol. The molecule has 0 rings (SSSR count). The highest BCUT2D eigenvalue weighted by molar-refractivity contribution is 7.85. The summed E-state index contributed by atoms with van der Waals surface area (Å²) in [7, 11) is 4.52. The monoisotopic (exact) mass is 323 g/mol. The van der Waals surface area contributed by atoms with E-state index in [9.17, 15) is 13.0 Å². The fraction of sp³-hybridized carbons (Fsp3) is 1.00. The number of nitrogens with zero attached hydrogens (tertiary/aromatic N) is 1. The van der Waals surface area contributed by atoms with E-state index in [0.717, 1.165) is 17.3 Å². The Hall–Kier alpha value is -0.130. The molecule has 0 heterocycles. The maximum absolute atomic E-state index is 10.3. The number of quaternary nitrogens is 1. The van der Waals surface area contributed by atoms with Crippen LogP contribution in [-0.2, 0) is 10.1 Å². The molecule has 0 aliphatic heterocycles. The van der Waals surface area contributed by atoms with Crippen molar-refractivity contribution in [3.63, 3.8) is 0 Å². The molecule has 21 heavy (non-hydrogen) atoms. The molecule has 0 aromatic carbocycles. The van der Waals surface area contributed by atoms with E-state index in [0.29, 0.717) is 6.42 Å². The third kappa shape index (κ3) is 38.3. The van der Waals surface area contributed by atoms with Crippen molar-refractivity contribution in [1.29, 1.82) is 0 Å². The van der Waals surface area contributed by atoms with E-state index in [1.165, 1.54) is 44.9 Å². The van der Waals surface area contributed by atoms with Crippen molar-refractivity contribution in [3.8, 4) is 0 Å². The molecule has 0 aliphatic carbocycles. The van der Waals surface area contributed by atoms with Gasteiger partial charge in [-0.25, -0.2) is 8.42 Å². The lowest BCUT2D eigenvalue weighted by atomic mass is 10.1. The maximum atomic E-state index is 10.3. The van der Waals surface area contributed by atoms with E-state index in [-0.39, 0.29) is 5.75 Å². The number of hydrogen-bond donors (Lipinski definition) is 0. The lowest BCUT2D eigenvalue weighted by Crippen LogP contribution is -2.27. The molecule has 0 unspecified atom stereocenters. The highest BCUT2D eigenvalue weighted by Crippen LogP contribution is 2.10. The zero-order valence-corrected chi connectivity index (χ0v) is 15.7. The minimum atomic E-state index is -3.98. The number of rotatable bonds is 11. The Balaban J connectivity index is 0. The summed E-state index contributed by atoms with van der Waals surface area (Å²) < 4.78 is 31.9. The first-order chi connectivity index (χ1) is 9.56. The van der Waals surface area contributed by atoms with Gasteiger partial charge in [-0.1, -0.05) is 64.7 Å². The van der Waals surface area contributed by atoms with Crippen molar-refractivity contribution in [2.24, 2.45) is 0 Å². The number of hydrogen-bond acceptors (Lipinski definition) is 3. The van der Waals surface area contributed by atoms with Gasteiger partial charge in [0.2, 0.25) is 0 Å². The Labute approximate surface area is 133 Å².